The van der Waals surface area contributed by atoms with E-state index in [1.807, 2.05) is 0 Å². The molecule has 9 nitrogen and oxygen atoms in total. The first-order chi connectivity index (χ1) is 19.9. The first-order valence-electron chi connectivity index (χ1n) is 14.6. The Morgan fingerprint density at radius 3 is 1.49 bits per heavy atom. The van der Waals surface area contributed by atoms with Crippen LogP contribution in [0.25, 0.3) is 0 Å². The van der Waals surface area contributed by atoms with Gasteiger partial charge in [-0.05, 0) is 101 Å². The number of hydrogen-bond acceptors (Lipinski definition) is 9. The van der Waals surface area contributed by atoms with Crippen molar-refractivity contribution in [2.24, 2.45) is 11.8 Å². The average Bonchev–Trinajstić information content (AvgIpc) is 3.00. The van der Waals surface area contributed by atoms with Crippen LogP contribution in [-0.4, -0.2) is 50.3 Å². The number of esters is 4. The van der Waals surface area contributed by atoms with Crippen LogP contribution in [0.5, 0.6) is 11.5 Å². The molecule has 0 unspecified atom stereocenters. The number of rotatable bonds is 20. The maximum absolute atomic E-state index is 12.6. The van der Waals surface area contributed by atoms with Crippen molar-refractivity contribution in [2.45, 2.75) is 77.0 Å². The Kier molecular flexibility index (Phi) is 16.6. The molecule has 226 valence electrons. The lowest BCUT2D eigenvalue weighted by Gasteiger charge is -2.25. The van der Waals surface area contributed by atoms with Crippen LogP contribution in [0.4, 0.5) is 0 Å². The molecular weight excluding hydrogens is 528 g/mol. The molecule has 41 heavy (non-hydrogen) atoms. The minimum Gasteiger partial charge on any atom is -0.494 e. The summed E-state index contributed by atoms with van der Waals surface area (Å²) in [5.74, 6) is -0.507. The van der Waals surface area contributed by atoms with Crippen LogP contribution in [0.15, 0.2) is 49.6 Å². The molecule has 0 bridgehead atoms. The van der Waals surface area contributed by atoms with Gasteiger partial charge in [-0.2, -0.15) is 0 Å². The van der Waals surface area contributed by atoms with E-state index in [4.69, 9.17) is 23.7 Å². The summed E-state index contributed by atoms with van der Waals surface area (Å²) in [6.45, 7) is 8.44. The van der Waals surface area contributed by atoms with Crippen molar-refractivity contribution in [3.05, 3.63) is 49.6 Å². The van der Waals surface area contributed by atoms with E-state index in [2.05, 4.69) is 13.2 Å². The van der Waals surface area contributed by atoms with E-state index in [1.54, 1.807) is 24.3 Å². The highest BCUT2D eigenvalue weighted by atomic mass is 16.5. The number of carbonyl (C=O) groups is 4. The highest BCUT2D eigenvalue weighted by molar-refractivity contribution is 5.81. The third-order valence-corrected chi connectivity index (χ3v) is 6.85. The molecule has 1 aromatic carbocycles. The second-order valence-electron chi connectivity index (χ2n) is 10.0. The lowest BCUT2D eigenvalue weighted by molar-refractivity contribution is -0.152. The van der Waals surface area contributed by atoms with Gasteiger partial charge in [-0.3, -0.25) is 9.59 Å². The summed E-state index contributed by atoms with van der Waals surface area (Å²) in [4.78, 5) is 47.0. The summed E-state index contributed by atoms with van der Waals surface area (Å²) in [6.07, 6.45) is 11.7. The van der Waals surface area contributed by atoms with E-state index < -0.39 is 11.9 Å². The standard InChI is InChI=1S/C32H44O9/c1-3-29(33)38-22-10-6-5-9-21-37-27-17-19-28(20-18-27)41-32(36)26-15-13-25(14-16-26)31(35)40-24-12-8-7-11-23-39-30(34)4-2/h3-4,17-20,25-26H,1-2,5-16,21-24H2. The molecule has 2 rings (SSSR count). The zero-order valence-corrected chi connectivity index (χ0v) is 24.0. The first kappa shape index (κ1) is 33.6. The largest absolute Gasteiger partial charge is 0.494 e. The highest BCUT2D eigenvalue weighted by Crippen LogP contribution is 2.31. The molecular formula is C32H44O9. The SMILES string of the molecule is C=CC(=O)OCCCCCCOC(=O)C1CCC(C(=O)Oc2ccc(OCCCCCCOC(=O)C=C)cc2)CC1. The average molecular weight is 573 g/mol. The summed E-state index contributed by atoms with van der Waals surface area (Å²) in [5, 5.41) is 0. The van der Waals surface area contributed by atoms with Gasteiger partial charge in [0.2, 0.25) is 0 Å². The van der Waals surface area contributed by atoms with Crippen LogP contribution >= 0.6 is 0 Å². The summed E-state index contributed by atoms with van der Waals surface area (Å²) < 4.78 is 26.6. The zero-order chi connectivity index (χ0) is 29.7. The van der Waals surface area contributed by atoms with Crippen molar-refractivity contribution >= 4 is 23.9 Å². The summed E-state index contributed by atoms with van der Waals surface area (Å²) in [7, 11) is 0. The van der Waals surface area contributed by atoms with Crippen LogP contribution < -0.4 is 9.47 Å². The molecule has 0 saturated heterocycles. The van der Waals surface area contributed by atoms with Crippen molar-refractivity contribution < 1.29 is 42.9 Å². The zero-order valence-electron chi connectivity index (χ0n) is 24.0. The predicted molar refractivity (Wildman–Crippen MR) is 153 cm³/mol. The molecule has 0 atom stereocenters. The minimum atomic E-state index is -0.413. The third-order valence-electron chi connectivity index (χ3n) is 6.85. The number of benzene rings is 1. The lowest BCUT2D eigenvalue weighted by Crippen LogP contribution is -2.29. The third kappa shape index (κ3) is 14.5. The van der Waals surface area contributed by atoms with E-state index in [0.717, 1.165) is 63.5 Å². The highest BCUT2D eigenvalue weighted by Gasteiger charge is 2.31. The Morgan fingerprint density at radius 2 is 1.00 bits per heavy atom. The van der Waals surface area contributed by atoms with E-state index in [0.29, 0.717) is 63.6 Å². The Bertz CT molecular complexity index is 962. The number of carbonyl (C=O) groups excluding carboxylic acids is 4. The summed E-state index contributed by atoms with van der Waals surface area (Å²) in [6, 6.07) is 7.00. The van der Waals surface area contributed by atoms with Crippen molar-refractivity contribution in [2.75, 3.05) is 26.4 Å². The van der Waals surface area contributed by atoms with Gasteiger partial charge in [-0.25, -0.2) is 9.59 Å². The Hall–Kier alpha value is -3.62. The fraction of sp³-hybridized carbons (Fsp3) is 0.562. The summed E-state index contributed by atoms with van der Waals surface area (Å²) >= 11 is 0. The molecule has 1 aliphatic rings. The van der Waals surface area contributed by atoms with Crippen molar-refractivity contribution in [3.63, 3.8) is 0 Å². The number of unbranched alkanes of at least 4 members (excludes halogenated alkanes) is 6. The van der Waals surface area contributed by atoms with Gasteiger partial charge >= 0.3 is 23.9 Å². The van der Waals surface area contributed by atoms with Gasteiger partial charge in [0.15, 0.2) is 0 Å². The topological polar surface area (TPSA) is 114 Å². The molecule has 0 spiro atoms. The Labute approximate surface area is 243 Å². The lowest BCUT2D eigenvalue weighted by atomic mass is 9.82. The quantitative estimate of drug-likeness (QED) is 0.0619. The van der Waals surface area contributed by atoms with Crippen LogP contribution in [0.2, 0.25) is 0 Å². The molecule has 1 fully saturated rings. The van der Waals surface area contributed by atoms with Gasteiger partial charge in [-0.1, -0.05) is 13.2 Å². The molecule has 0 radical (unpaired) electrons. The summed E-state index contributed by atoms with van der Waals surface area (Å²) in [5.41, 5.74) is 0. The fourth-order valence-electron chi connectivity index (χ4n) is 4.43. The van der Waals surface area contributed by atoms with Gasteiger partial charge in [0, 0.05) is 12.2 Å². The van der Waals surface area contributed by atoms with Gasteiger partial charge in [-0.15, -0.1) is 0 Å². The minimum absolute atomic E-state index is 0.177. The second-order valence-corrected chi connectivity index (χ2v) is 10.0. The van der Waals surface area contributed by atoms with Crippen molar-refractivity contribution in [3.8, 4) is 11.5 Å². The van der Waals surface area contributed by atoms with E-state index in [9.17, 15) is 19.2 Å². The monoisotopic (exact) mass is 572 g/mol. The maximum atomic E-state index is 12.6. The molecule has 0 aliphatic heterocycles. The molecule has 0 heterocycles. The van der Waals surface area contributed by atoms with Crippen LogP contribution in [0.3, 0.4) is 0 Å². The Morgan fingerprint density at radius 1 is 0.585 bits per heavy atom. The van der Waals surface area contributed by atoms with Gasteiger partial charge in [0.1, 0.15) is 11.5 Å². The number of hydrogen-bond donors (Lipinski definition) is 0. The molecule has 0 amide bonds. The maximum Gasteiger partial charge on any atom is 0.330 e. The fourth-order valence-corrected chi connectivity index (χ4v) is 4.43. The van der Waals surface area contributed by atoms with Crippen molar-refractivity contribution in [1.29, 1.82) is 0 Å². The van der Waals surface area contributed by atoms with Crippen LogP contribution in [0, 0.1) is 11.8 Å². The molecule has 0 N–H and O–H groups in total. The molecule has 1 saturated carbocycles. The normalized spacial score (nSPS) is 16.2. The van der Waals surface area contributed by atoms with Gasteiger partial charge in [0.05, 0.1) is 38.3 Å². The van der Waals surface area contributed by atoms with Crippen LogP contribution in [0.1, 0.15) is 77.0 Å². The first-order valence-corrected chi connectivity index (χ1v) is 14.6. The smallest absolute Gasteiger partial charge is 0.330 e. The predicted octanol–water partition coefficient (Wildman–Crippen LogP) is 5.90. The molecule has 1 aromatic rings. The van der Waals surface area contributed by atoms with Crippen LogP contribution in [-0.2, 0) is 33.4 Å². The van der Waals surface area contributed by atoms with Gasteiger partial charge in [0.25, 0.3) is 0 Å². The van der Waals surface area contributed by atoms with Crippen molar-refractivity contribution in [1.82, 2.24) is 0 Å². The Balaban J connectivity index is 1.53. The van der Waals surface area contributed by atoms with E-state index >= 15 is 0 Å². The number of ether oxygens (including phenoxy) is 5. The van der Waals surface area contributed by atoms with E-state index in [-0.39, 0.29) is 23.8 Å². The molecule has 0 aromatic heterocycles. The van der Waals surface area contributed by atoms with E-state index in [1.165, 1.54) is 0 Å². The molecule has 1 aliphatic carbocycles. The van der Waals surface area contributed by atoms with Gasteiger partial charge < -0.3 is 23.7 Å². The molecule has 9 heteroatoms. The second kappa shape index (κ2) is 20.3.